The van der Waals surface area contributed by atoms with E-state index in [-0.39, 0.29) is 23.5 Å². The highest BCUT2D eigenvalue weighted by atomic mass is 16.6. The molecule has 0 aliphatic rings. The van der Waals surface area contributed by atoms with Gasteiger partial charge in [-0.05, 0) is 18.6 Å². The Morgan fingerprint density at radius 1 is 1.53 bits per heavy atom. The van der Waals surface area contributed by atoms with Crippen LogP contribution in [0.4, 0.5) is 11.4 Å². The monoisotopic (exact) mass is 239 g/mol. The lowest BCUT2D eigenvalue weighted by Crippen LogP contribution is -2.12. The van der Waals surface area contributed by atoms with Crippen molar-refractivity contribution in [1.29, 1.82) is 0 Å². The molecule has 0 aliphatic heterocycles. The van der Waals surface area contributed by atoms with Crippen LogP contribution in [0.2, 0.25) is 0 Å². The number of nitrogens with zero attached hydrogens (tertiary/aromatic N) is 1. The van der Waals surface area contributed by atoms with Gasteiger partial charge in [0.05, 0.1) is 4.92 Å². The minimum atomic E-state index is -0.648. The van der Waals surface area contributed by atoms with Gasteiger partial charge in [0.25, 0.3) is 5.69 Å². The van der Waals surface area contributed by atoms with E-state index in [1.807, 2.05) is 0 Å². The number of nitrogens with two attached hydrogens (primary N) is 1. The average molecular weight is 239 g/mol. The summed E-state index contributed by atoms with van der Waals surface area (Å²) in [5.74, 6) is -0.648. The molecule has 0 radical (unpaired) electrons. The number of nitrogens with one attached hydrogen (secondary N) is 1. The van der Waals surface area contributed by atoms with Gasteiger partial charge in [0.1, 0.15) is 5.69 Å². The molecule has 0 spiro atoms. The Hall–Kier alpha value is -2.15. The predicted octanol–water partition coefficient (Wildman–Crippen LogP) is 0.488. The van der Waals surface area contributed by atoms with Crippen molar-refractivity contribution in [3.05, 3.63) is 33.9 Å². The van der Waals surface area contributed by atoms with Crippen molar-refractivity contribution in [2.75, 3.05) is 18.5 Å². The van der Waals surface area contributed by atoms with Gasteiger partial charge in [0.2, 0.25) is 5.91 Å². The van der Waals surface area contributed by atoms with Crippen LogP contribution in [0.5, 0.6) is 0 Å². The summed E-state index contributed by atoms with van der Waals surface area (Å²) >= 11 is 0. The molecule has 0 fully saturated rings. The lowest BCUT2D eigenvalue weighted by Gasteiger charge is -2.07. The molecule has 0 unspecified atom stereocenters. The molecule has 0 saturated heterocycles. The first-order valence-corrected chi connectivity index (χ1v) is 4.99. The Labute approximate surface area is 97.4 Å². The van der Waals surface area contributed by atoms with Crippen molar-refractivity contribution in [2.45, 2.75) is 6.42 Å². The van der Waals surface area contributed by atoms with Gasteiger partial charge in [-0.15, -0.1) is 0 Å². The molecule has 0 atom stereocenters. The highest BCUT2D eigenvalue weighted by Gasteiger charge is 2.15. The normalized spacial score (nSPS) is 9.94. The van der Waals surface area contributed by atoms with E-state index in [1.54, 1.807) is 0 Å². The molecule has 0 aromatic heterocycles. The molecule has 92 valence electrons. The number of primary amides is 1. The first kappa shape index (κ1) is 12.9. The van der Waals surface area contributed by atoms with Crippen molar-refractivity contribution < 1.29 is 14.8 Å². The zero-order valence-electron chi connectivity index (χ0n) is 9.05. The average Bonchev–Trinajstić information content (AvgIpc) is 2.28. The number of nitro benzene ring substituents is 1. The summed E-state index contributed by atoms with van der Waals surface area (Å²) < 4.78 is 0. The van der Waals surface area contributed by atoms with Gasteiger partial charge >= 0.3 is 0 Å². The number of anilines is 1. The number of benzene rings is 1. The quantitative estimate of drug-likeness (QED) is 0.379. The van der Waals surface area contributed by atoms with E-state index in [9.17, 15) is 14.9 Å². The standard InChI is InChI=1S/C10H13N3O4/c11-10(15)7-2-3-9(13(16)17)8(6-7)12-4-1-5-14/h2-3,6,12,14H,1,4-5H2,(H2,11,15). The van der Waals surface area contributed by atoms with Crippen LogP contribution in [0, 0.1) is 10.1 Å². The highest BCUT2D eigenvalue weighted by Crippen LogP contribution is 2.25. The second-order valence-corrected chi connectivity index (χ2v) is 3.36. The molecular formula is C10H13N3O4. The topological polar surface area (TPSA) is 118 Å². The molecule has 0 heterocycles. The van der Waals surface area contributed by atoms with Crippen LogP contribution in [-0.2, 0) is 0 Å². The van der Waals surface area contributed by atoms with Gasteiger partial charge in [-0.25, -0.2) is 0 Å². The molecule has 1 rings (SSSR count). The smallest absolute Gasteiger partial charge is 0.292 e. The molecule has 1 aromatic carbocycles. The minimum absolute atomic E-state index is 0.0176. The van der Waals surface area contributed by atoms with Gasteiger partial charge in [-0.2, -0.15) is 0 Å². The number of hydrogen-bond donors (Lipinski definition) is 3. The van der Waals surface area contributed by atoms with Crippen LogP contribution < -0.4 is 11.1 Å². The van der Waals surface area contributed by atoms with Crippen molar-refractivity contribution >= 4 is 17.3 Å². The Balaban J connectivity index is 2.98. The molecule has 1 amide bonds. The number of aliphatic hydroxyl groups is 1. The second kappa shape index (κ2) is 5.80. The summed E-state index contributed by atoms with van der Waals surface area (Å²) in [6.45, 7) is 0.357. The summed E-state index contributed by atoms with van der Waals surface area (Å²) in [6, 6.07) is 3.86. The maximum Gasteiger partial charge on any atom is 0.292 e. The van der Waals surface area contributed by atoms with Crippen LogP contribution in [0.25, 0.3) is 0 Å². The van der Waals surface area contributed by atoms with E-state index < -0.39 is 10.8 Å². The number of aliphatic hydroxyl groups excluding tert-OH is 1. The number of rotatable bonds is 6. The molecule has 0 bridgehead atoms. The van der Waals surface area contributed by atoms with Crippen LogP contribution >= 0.6 is 0 Å². The van der Waals surface area contributed by atoms with Crippen molar-refractivity contribution in [3.8, 4) is 0 Å². The van der Waals surface area contributed by atoms with Crippen LogP contribution in [0.15, 0.2) is 18.2 Å². The van der Waals surface area contributed by atoms with Gasteiger partial charge in [-0.3, -0.25) is 14.9 Å². The molecular weight excluding hydrogens is 226 g/mol. The van der Waals surface area contributed by atoms with E-state index in [4.69, 9.17) is 10.8 Å². The lowest BCUT2D eigenvalue weighted by molar-refractivity contribution is -0.384. The Morgan fingerprint density at radius 2 is 2.24 bits per heavy atom. The van der Waals surface area contributed by atoms with Gasteiger partial charge in [-0.1, -0.05) is 0 Å². The van der Waals surface area contributed by atoms with Crippen LogP contribution in [-0.4, -0.2) is 29.1 Å². The SMILES string of the molecule is NC(=O)c1ccc([N+](=O)[O-])c(NCCCO)c1. The molecule has 4 N–H and O–H groups in total. The highest BCUT2D eigenvalue weighted by molar-refractivity contribution is 5.94. The zero-order valence-corrected chi connectivity index (χ0v) is 9.05. The summed E-state index contributed by atoms with van der Waals surface area (Å²) in [5, 5.41) is 22.1. The Bertz CT molecular complexity index is 434. The van der Waals surface area contributed by atoms with E-state index in [0.29, 0.717) is 13.0 Å². The van der Waals surface area contributed by atoms with Gasteiger partial charge in [0, 0.05) is 24.8 Å². The van der Waals surface area contributed by atoms with E-state index >= 15 is 0 Å². The number of carbonyl (C=O) groups excluding carboxylic acids is 1. The molecule has 17 heavy (non-hydrogen) atoms. The van der Waals surface area contributed by atoms with Crippen molar-refractivity contribution in [1.82, 2.24) is 0 Å². The third-order valence-electron chi connectivity index (χ3n) is 2.13. The van der Waals surface area contributed by atoms with Gasteiger partial charge < -0.3 is 16.2 Å². The fraction of sp³-hybridized carbons (Fsp3) is 0.300. The molecule has 7 heteroatoms. The predicted molar refractivity (Wildman–Crippen MR) is 61.8 cm³/mol. The summed E-state index contributed by atoms with van der Waals surface area (Å²) in [6.07, 6.45) is 0.456. The van der Waals surface area contributed by atoms with Crippen molar-refractivity contribution in [2.24, 2.45) is 5.73 Å². The molecule has 0 saturated carbocycles. The maximum absolute atomic E-state index is 10.9. The van der Waals surface area contributed by atoms with E-state index in [2.05, 4.69) is 5.32 Å². The number of hydrogen-bond acceptors (Lipinski definition) is 5. The van der Waals surface area contributed by atoms with Crippen LogP contribution in [0.3, 0.4) is 0 Å². The number of amides is 1. The minimum Gasteiger partial charge on any atom is -0.396 e. The largest absolute Gasteiger partial charge is 0.396 e. The second-order valence-electron chi connectivity index (χ2n) is 3.36. The van der Waals surface area contributed by atoms with Crippen LogP contribution in [0.1, 0.15) is 16.8 Å². The lowest BCUT2D eigenvalue weighted by atomic mass is 10.1. The first-order chi connectivity index (χ1) is 8.06. The molecule has 7 nitrogen and oxygen atoms in total. The Morgan fingerprint density at radius 3 is 2.76 bits per heavy atom. The maximum atomic E-state index is 10.9. The summed E-state index contributed by atoms with van der Waals surface area (Å²) in [7, 11) is 0. The first-order valence-electron chi connectivity index (χ1n) is 4.99. The van der Waals surface area contributed by atoms with E-state index in [0.717, 1.165) is 0 Å². The summed E-state index contributed by atoms with van der Waals surface area (Å²) in [4.78, 5) is 21.1. The number of carbonyl (C=O) groups is 1. The molecule has 0 aliphatic carbocycles. The number of nitro groups is 1. The fourth-order valence-electron chi connectivity index (χ4n) is 1.29. The molecule has 1 aromatic rings. The van der Waals surface area contributed by atoms with Gasteiger partial charge in [0.15, 0.2) is 0 Å². The zero-order chi connectivity index (χ0) is 12.8. The third kappa shape index (κ3) is 3.42. The summed E-state index contributed by atoms with van der Waals surface area (Å²) in [5.41, 5.74) is 5.37. The fourth-order valence-corrected chi connectivity index (χ4v) is 1.29. The van der Waals surface area contributed by atoms with E-state index in [1.165, 1.54) is 18.2 Å². The Kier molecular flexibility index (Phi) is 4.41. The van der Waals surface area contributed by atoms with Crippen molar-refractivity contribution in [3.63, 3.8) is 0 Å². The third-order valence-corrected chi connectivity index (χ3v) is 2.13.